The van der Waals surface area contributed by atoms with Crippen molar-refractivity contribution >= 4 is 0 Å². The van der Waals surface area contributed by atoms with E-state index in [2.05, 4.69) is 0 Å². The quantitative estimate of drug-likeness (QED) is 0.661. The summed E-state index contributed by atoms with van der Waals surface area (Å²) in [6, 6.07) is 0. The number of hydrogen-bond acceptors (Lipinski definition) is 3. The summed E-state index contributed by atoms with van der Waals surface area (Å²) in [7, 11) is 1.40. The fraction of sp³-hybridized carbons (Fsp3) is 1.00. The Hall–Kier alpha value is -0.330. The van der Waals surface area contributed by atoms with Crippen LogP contribution in [-0.2, 0) is 4.74 Å². The molecule has 0 aromatic carbocycles. The maximum absolute atomic E-state index is 12.4. The molecule has 0 saturated carbocycles. The maximum Gasteiger partial charge on any atom is 0.393 e. The summed E-state index contributed by atoms with van der Waals surface area (Å²) in [4.78, 5) is 0. The van der Waals surface area contributed by atoms with Gasteiger partial charge in [0.25, 0.3) is 0 Å². The molecule has 2 N–H and O–H groups in total. The molecule has 0 aromatic heterocycles. The third-order valence-corrected chi connectivity index (χ3v) is 2.27. The minimum absolute atomic E-state index is 0.109. The van der Waals surface area contributed by atoms with Gasteiger partial charge in [0.2, 0.25) is 0 Å². The zero-order valence-corrected chi connectivity index (χ0v) is 7.34. The highest BCUT2D eigenvalue weighted by Crippen LogP contribution is 2.36. The van der Waals surface area contributed by atoms with E-state index in [0.717, 1.165) is 0 Å². The van der Waals surface area contributed by atoms with Gasteiger partial charge in [-0.15, -0.1) is 0 Å². The Morgan fingerprint density at radius 2 is 2.08 bits per heavy atom. The Morgan fingerprint density at radius 1 is 1.46 bits per heavy atom. The second-order valence-corrected chi connectivity index (χ2v) is 3.32. The number of nitrogens with two attached hydrogens (primary N) is 1. The van der Waals surface area contributed by atoms with E-state index in [1.807, 2.05) is 0 Å². The van der Waals surface area contributed by atoms with E-state index >= 15 is 0 Å². The van der Waals surface area contributed by atoms with Gasteiger partial charge in [0.15, 0.2) is 0 Å². The van der Waals surface area contributed by atoms with Crippen molar-refractivity contribution in [3.63, 3.8) is 0 Å². The largest absolute Gasteiger partial charge is 0.393 e. The van der Waals surface area contributed by atoms with E-state index in [0.29, 0.717) is 0 Å². The van der Waals surface area contributed by atoms with Crippen LogP contribution in [0.1, 0.15) is 0 Å². The van der Waals surface area contributed by atoms with Crippen molar-refractivity contribution in [2.45, 2.75) is 6.18 Å². The molecule has 0 unspecified atom stereocenters. The van der Waals surface area contributed by atoms with E-state index < -0.39 is 18.0 Å². The standard InChI is InChI=1S/C7H13F3N2O/c1-13-4-5-2-12(11)3-6(5)7(8,9)10/h5-6H,2-4,11H2,1H3/t5-,6+/m0/s1. The molecule has 0 aromatic rings. The summed E-state index contributed by atoms with van der Waals surface area (Å²) in [5, 5.41) is 1.20. The summed E-state index contributed by atoms with van der Waals surface area (Å²) < 4.78 is 41.8. The van der Waals surface area contributed by atoms with Crippen LogP contribution < -0.4 is 5.84 Å². The van der Waals surface area contributed by atoms with Gasteiger partial charge < -0.3 is 4.74 Å². The molecule has 0 bridgehead atoms. The number of nitrogens with zero attached hydrogens (tertiary/aromatic N) is 1. The van der Waals surface area contributed by atoms with Crippen LogP contribution in [0.3, 0.4) is 0 Å². The average Bonchev–Trinajstić information content (AvgIpc) is 2.30. The summed E-state index contributed by atoms with van der Waals surface area (Å²) >= 11 is 0. The van der Waals surface area contributed by atoms with Crippen molar-refractivity contribution in [1.82, 2.24) is 5.01 Å². The second kappa shape index (κ2) is 3.81. The number of hydrogen-bond donors (Lipinski definition) is 1. The zero-order valence-electron chi connectivity index (χ0n) is 7.34. The second-order valence-electron chi connectivity index (χ2n) is 3.32. The fourth-order valence-electron chi connectivity index (χ4n) is 1.66. The number of methoxy groups -OCH3 is 1. The number of rotatable bonds is 2. The fourth-order valence-corrected chi connectivity index (χ4v) is 1.66. The Kier molecular flexibility index (Phi) is 3.15. The van der Waals surface area contributed by atoms with Crippen LogP contribution in [-0.4, -0.2) is 38.0 Å². The molecule has 2 atom stereocenters. The summed E-state index contributed by atoms with van der Waals surface area (Å²) in [5.41, 5.74) is 0. The molecule has 1 saturated heterocycles. The molecular weight excluding hydrogens is 185 g/mol. The van der Waals surface area contributed by atoms with Gasteiger partial charge in [0.05, 0.1) is 12.5 Å². The first-order valence-electron chi connectivity index (χ1n) is 4.00. The predicted molar refractivity (Wildman–Crippen MR) is 40.7 cm³/mol. The lowest BCUT2D eigenvalue weighted by atomic mass is 9.96. The van der Waals surface area contributed by atoms with Crippen LogP contribution >= 0.6 is 0 Å². The van der Waals surface area contributed by atoms with E-state index in [1.165, 1.54) is 12.1 Å². The number of halogens is 3. The highest BCUT2D eigenvalue weighted by atomic mass is 19.4. The van der Waals surface area contributed by atoms with Crippen LogP contribution in [0.2, 0.25) is 0 Å². The topological polar surface area (TPSA) is 38.5 Å². The lowest BCUT2D eigenvalue weighted by Gasteiger charge is -2.19. The zero-order chi connectivity index (χ0) is 10.1. The van der Waals surface area contributed by atoms with Crippen molar-refractivity contribution in [2.24, 2.45) is 17.7 Å². The van der Waals surface area contributed by atoms with Gasteiger partial charge in [-0.1, -0.05) is 0 Å². The molecule has 0 radical (unpaired) electrons. The normalized spacial score (nSPS) is 31.2. The van der Waals surface area contributed by atoms with Crippen molar-refractivity contribution in [1.29, 1.82) is 0 Å². The Labute approximate surface area is 74.6 Å². The lowest BCUT2D eigenvalue weighted by Crippen LogP contribution is -2.32. The summed E-state index contributed by atoms with van der Waals surface area (Å²) in [6.07, 6.45) is -4.17. The Bertz CT molecular complexity index is 174. The average molecular weight is 198 g/mol. The molecule has 1 aliphatic rings. The molecular formula is C7H13F3N2O. The monoisotopic (exact) mass is 198 g/mol. The molecule has 0 aliphatic carbocycles. The molecule has 6 heteroatoms. The molecule has 0 amide bonds. The first kappa shape index (κ1) is 10.7. The highest BCUT2D eigenvalue weighted by molar-refractivity contribution is 4.85. The smallest absolute Gasteiger partial charge is 0.384 e. The first-order chi connectivity index (χ1) is 5.95. The lowest BCUT2D eigenvalue weighted by molar-refractivity contribution is -0.183. The molecule has 1 rings (SSSR count). The van der Waals surface area contributed by atoms with Gasteiger partial charge in [-0.2, -0.15) is 13.2 Å². The van der Waals surface area contributed by atoms with Crippen molar-refractivity contribution < 1.29 is 17.9 Å². The van der Waals surface area contributed by atoms with Gasteiger partial charge in [-0.3, -0.25) is 5.84 Å². The van der Waals surface area contributed by atoms with Crippen molar-refractivity contribution in [2.75, 3.05) is 26.8 Å². The van der Waals surface area contributed by atoms with Crippen molar-refractivity contribution in [3.8, 4) is 0 Å². The summed E-state index contributed by atoms with van der Waals surface area (Å²) in [6.45, 7) is 0.230. The van der Waals surface area contributed by atoms with Gasteiger partial charge in [0, 0.05) is 26.1 Å². The Balaban J connectivity index is 2.60. The molecule has 13 heavy (non-hydrogen) atoms. The maximum atomic E-state index is 12.4. The van der Waals surface area contributed by atoms with Gasteiger partial charge in [-0.05, 0) is 0 Å². The van der Waals surface area contributed by atoms with E-state index in [9.17, 15) is 13.2 Å². The van der Waals surface area contributed by atoms with Crippen LogP contribution in [0, 0.1) is 11.8 Å². The summed E-state index contributed by atoms with van der Waals surface area (Å²) in [5.74, 6) is 3.44. The molecule has 3 nitrogen and oxygen atoms in total. The third kappa shape index (κ3) is 2.55. The number of alkyl halides is 3. The van der Waals surface area contributed by atoms with E-state index in [1.54, 1.807) is 0 Å². The highest BCUT2D eigenvalue weighted by Gasteiger charge is 2.48. The van der Waals surface area contributed by atoms with Crippen molar-refractivity contribution in [3.05, 3.63) is 0 Å². The third-order valence-electron chi connectivity index (χ3n) is 2.27. The predicted octanol–water partition coefficient (Wildman–Crippen LogP) is 0.617. The van der Waals surface area contributed by atoms with Crippen LogP contribution in [0.5, 0.6) is 0 Å². The van der Waals surface area contributed by atoms with E-state index in [-0.39, 0.29) is 19.7 Å². The first-order valence-corrected chi connectivity index (χ1v) is 4.00. The molecule has 0 spiro atoms. The number of hydrazine groups is 1. The van der Waals surface area contributed by atoms with Gasteiger partial charge >= 0.3 is 6.18 Å². The molecule has 78 valence electrons. The molecule has 1 fully saturated rings. The molecule has 1 aliphatic heterocycles. The van der Waals surface area contributed by atoms with Crippen LogP contribution in [0.15, 0.2) is 0 Å². The SMILES string of the molecule is COC[C@@H]1CN(N)C[C@H]1C(F)(F)F. The Morgan fingerprint density at radius 3 is 2.54 bits per heavy atom. The van der Waals surface area contributed by atoms with Crippen LogP contribution in [0.4, 0.5) is 13.2 Å². The van der Waals surface area contributed by atoms with Gasteiger partial charge in [0.1, 0.15) is 0 Å². The van der Waals surface area contributed by atoms with Crippen LogP contribution in [0.25, 0.3) is 0 Å². The minimum Gasteiger partial charge on any atom is -0.384 e. The van der Waals surface area contributed by atoms with E-state index in [4.69, 9.17) is 10.6 Å². The minimum atomic E-state index is -4.17. The number of ether oxygens (including phenoxy) is 1. The molecule has 1 heterocycles. The van der Waals surface area contributed by atoms with Gasteiger partial charge in [-0.25, -0.2) is 5.01 Å².